The molecule has 2 unspecified atom stereocenters. The summed E-state index contributed by atoms with van der Waals surface area (Å²) in [5.74, 6) is 2.45. The van der Waals surface area contributed by atoms with Crippen molar-refractivity contribution in [2.45, 2.75) is 25.0 Å². The molecule has 1 aliphatic rings. The van der Waals surface area contributed by atoms with E-state index < -0.39 is 0 Å². The van der Waals surface area contributed by atoms with Crippen molar-refractivity contribution < 1.29 is 19.7 Å². The van der Waals surface area contributed by atoms with Crippen molar-refractivity contribution in [3.63, 3.8) is 0 Å². The summed E-state index contributed by atoms with van der Waals surface area (Å²) in [5.41, 5.74) is 2.18. The van der Waals surface area contributed by atoms with Crippen LogP contribution in [0.1, 0.15) is 12.8 Å². The highest BCUT2D eigenvalue weighted by molar-refractivity contribution is 5.65. The zero-order valence-corrected chi connectivity index (χ0v) is 15.4. The molecular weight excluding hydrogens is 352 g/mol. The van der Waals surface area contributed by atoms with Gasteiger partial charge in [-0.3, -0.25) is 0 Å². The molecule has 4 nitrogen and oxygen atoms in total. The van der Waals surface area contributed by atoms with Gasteiger partial charge >= 0.3 is 0 Å². The number of ether oxygens (including phenoxy) is 2. The van der Waals surface area contributed by atoms with Gasteiger partial charge in [0.2, 0.25) is 0 Å². The summed E-state index contributed by atoms with van der Waals surface area (Å²) < 4.78 is 11.7. The molecule has 0 aromatic heterocycles. The number of aromatic hydroxyl groups is 1. The molecule has 0 heterocycles. The molecule has 0 spiro atoms. The normalized spacial score (nSPS) is 18.6. The number of benzene rings is 3. The monoisotopic (exact) mass is 374 g/mol. The number of phenols is 1. The van der Waals surface area contributed by atoms with E-state index in [9.17, 15) is 10.2 Å². The number of aliphatic hydroxyl groups is 1. The first-order chi connectivity index (χ1) is 13.7. The van der Waals surface area contributed by atoms with Gasteiger partial charge in [-0.15, -0.1) is 0 Å². The molecule has 4 rings (SSSR count). The molecule has 3 aromatic carbocycles. The van der Waals surface area contributed by atoms with Crippen LogP contribution >= 0.6 is 0 Å². The first-order valence-corrected chi connectivity index (χ1v) is 9.36. The van der Waals surface area contributed by atoms with E-state index in [-0.39, 0.29) is 18.0 Å². The number of phenolic OH excluding ortho intramolecular Hbond substituents is 1. The quantitative estimate of drug-likeness (QED) is 0.594. The van der Waals surface area contributed by atoms with E-state index in [2.05, 4.69) is 0 Å². The minimum Gasteiger partial charge on any atom is -0.508 e. The first-order valence-electron chi connectivity index (χ1n) is 9.36. The molecule has 0 aliphatic heterocycles. The number of hydrogen-bond acceptors (Lipinski definition) is 4. The minimum absolute atomic E-state index is 0.0191. The molecule has 1 aliphatic carbocycles. The van der Waals surface area contributed by atoms with Gasteiger partial charge in [0.05, 0.1) is 6.10 Å². The van der Waals surface area contributed by atoms with E-state index >= 15 is 0 Å². The van der Waals surface area contributed by atoms with Crippen LogP contribution in [0.25, 0.3) is 11.1 Å². The lowest BCUT2D eigenvalue weighted by Crippen LogP contribution is -2.21. The molecule has 0 fully saturated rings. The molecule has 3 aromatic rings. The molecule has 4 heteroatoms. The highest BCUT2D eigenvalue weighted by atomic mass is 16.5. The first kappa shape index (κ1) is 18.1. The summed E-state index contributed by atoms with van der Waals surface area (Å²) in [6.45, 7) is 0. The third-order valence-corrected chi connectivity index (χ3v) is 4.70. The van der Waals surface area contributed by atoms with Crippen molar-refractivity contribution >= 4 is 0 Å². The Hall–Kier alpha value is -3.24. The Labute approximate surface area is 164 Å². The average Bonchev–Trinajstić information content (AvgIpc) is 2.73. The predicted molar refractivity (Wildman–Crippen MR) is 109 cm³/mol. The zero-order valence-electron chi connectivity index (χ0n) is 15.4. The Morgan fingerprint density at radius 1 is 0.643 bits per heavy atom. The van der Waals surface area contributed by atoms with Crippen LogP contribution in [0.2, 0.25) is 0 Å². The largest absolute Gasteiger partial charge is 0.508 e. The molecule has 28 heavy (non-hydrogen) atoms. The average molecular weight is 374 g/mol. The molecule has 2 N–H and O–H groups in total. The van der Waals surface area contributed by atoms with Gasteiger partial charge in [-0.2, -0.15) is 0 Å². The van der Waals surface area contributed by atoms with E-state index in [0.29, 0.717) is 5.75 Å². The number of hydrogen-bond donors (Lipinski definition) is 2. The second-order valence-corrected chi connectivity index (χ2v) is 6.83. The van der Waals surface area contributed by atoms with Crippen LogP contribution in [0, 0.1) is 0 Å². The maximum atomic E-state index is 9.51. The maximum Gasteiger partial charge on any atom is 0.127 e. The van der Waals surface area contributed by atoms with Crippen molar-refractivity contribution in [1.82, 2.24) is 0 Å². The van der Waals surface area contributed by atoms with Crippen molar-refractivity contribution in [2.24, 2.45) is 0 Å². The second-order valence-electron chi connectivity index (χ2n) is 6.83. The highest BCUT2D eigenvalue weighted by Crippen LogP contribution is 2.28. The van der Waals surface area contributed by atoms with Gasteiger partial charge < -0.3 is 19.7 Å². The lowest BCUT2D eigenvalue weighted by molar-refractivity contribution is 0.158. The summed E-state index contributed by atoms with van der Waals surface area (Å²) in [7, 11) is 0. The SMILES string of the molecule is Oc1ccc(Oc2ccc(-c3ccc(OC4C=CC(O)CC4)cc3)cc2)cc1. The Morgan fingerprint density at radius 2 is 1.18 bits per heavy atom. The third kappa shape index (κ3) is 4.53. The van der Waals surface area contributed by atoms with Gasteiger partial charge in [0.25, 0.3) is 0 Å². The minimum atomic E-state index is -0.344. The third-order valence-electron chi connectivity index (χ3n) is 4.70. The fourth-order valence-electron chi connectivity index (χ4n) is 3.14. The molecule has 2 atom stereocenters. The fourth-order valence-corrected chi connectivity index (χ4v) is 3.14. The summed E-state index contributed by atoms with van der Waals surface area (Å²) in [5, 5.41) is 18.8. The van der Waals surface area contributed by atoms with Crippen LogP contribution < -0.4 is 9.47 Å². The number of aliphatic hydroxyl groups excluding tert-OH is 1. The van der Waals surface area contributed by atoms with Crippen molar-refractivity contribution in [2.75, 3.05) is 0 Å². The van der Waals surface area contributed by atoms with Gasteiger partial charge in [-0.05, 0) is 78.6 Å². The topological polar surface area (TPSA) is 58.9 Å². The molecule has 0 saturated carbocycles. The van der Waals surface area contributed by atoms with E-state index in [1.165, 1.54) is 0 Å². The Bertz CT molecular complexity index is 928. The van der Waals surface area contributed by atoms with E-state index in [0.717, 1.165) is 35.5 Å². The predicted octanol–water partition coefficient (Wildman–Crippen LogP) is 5.31. The lowest BCUT2D eigenvalue weighted by Gasteiger charge is -2.21. The van der Waals surface area contributed by atoms with Crippen LogP contribution in [-0.2, 0) is 0 Å². The number of rotatable bonds is 5. The lowest BCUT2D eigenvalue weighted by atomic mass is 10.0. The summed E-state index contributed by atoms with van der Waals surface area (Å²) in [6.07, 6.45) is 4.95. The Kier molecular flexibility index (Phi) is 5.31. The molecular formula is C24H22O4. The summed E-state index contributed by atoms with van der Waals surface area (Å²) in [4.78, 5) is 0. The molecule has 0 radical (unpaired) electrons. The Morgan fingerprint density at radius 3 is 1.71 bits per heavy atom. The van der Waals surface area contributed by atoms with E-state index in [1.807, 2.05) is 54.6 Å². The second kappa shape index (κ2) is 8.19. The van der Waals surface area contributed by atoms with Crippen molar-refractivity contribution in [3.05, 3.63) is 84.9 Å². The highest BCUT2D eigenvalue weighted by Gasteiger charge is 2.14. The van der Waals surface area contributed by atoms with Crippen LogP contribution in [0.4, 0.5) is 0 Å². The standard InChI is InChI=1S/C24H22O4/c25-19-5-13-23(14-6-19)27-21-9-1-17(2-10-21)18-3-11-22(12-4-18)28-24-15-7-20(26)8-16-24/h1-7,9-15,20,24-26H,8,16H2. The van der Waals surface area contributed by atoms with Gasteiger partial charge in [-0.25, -0.2) is 0 Å². The van der Waals surface area contributed by atoms with Gasteiger partial charge in [0.15, 0.2) is 0 Å². The molecule has 0 bridgehead atoms. The van der Waals surface area contributed by atoms with Crippen LogP contribution in [0.5, 0.6) is 23.0 Å². The van der Waals surface area contributed by atoms with Crippen LogP contribution in [-0.4, -0.2) is 22.4 Å². The summed E-state index contributed by atoms with van der Waals surface area (Å²) >= 11 is 0. The van der Waals surface area contributed by atoms with Gasteiger partial charge in [-0.1, -0.05) is 30.3 Å². The van der Waals surface area contributed by atoms with Crippen LogP contribution in [0.3, 0.4) is 0 Å². The van der Waals surface area contributed by atoms with Crippen molar-refractivity contribution in [1.29, 1.82) is 0 Å². The van der Waals surface area contributed by atoms with Gasteiger partial charge in [0, 0.05) is 0 Å². The van der Waals surface area contributed by atoms with E-state index in [1.54, 1.807) is 30.3 Å². The van der Waals surface area contributed by atoms with E-state index in [4.69, 9.17) is 9.47 Å². The molecule has 0 saturated heterocycles. The van der Waals surface area contributed by atoms with Crippen molar-refractivity contribution in [3.8, 4) is 34.1 Å². The Balaban J connectivity index is 1.40. The molecule has 0 amide bonds. The summed E-state index contributed by atoms with van der Waals surface area (Å²) in [6, 6.07) is 22.5. The van der Waals surface area contributed by atoms with Gasteiger partial charge in [0.1, 0.15) is 29.1 Å². The maximum absolute atomic E-state index is 9.51. The fraction of sp³-hybridized carbons (Fsp3) is 0.167. The molecule has 142 valence electrons. The zero-order chi connectivity index (χ0) is 19.3. The smallest absolute Gasteiger partial charge is 0.127 e. The van der Waals surface area contributed by atoms with Crippen LogP contribution in [0.15, 0.2) is 84.9 Å².